The molecule has 1 atom stereocenters. The highest BCUT2D eigenvalue weighted by Crippen LogP contribution is 2.27. The van der Waals surface area contributed by atoms with Crippen LogP contribution >= 0.6 is 23.4 Å². The molecule has 2 N–H and O–H groups in total. The quantitative estimate of drug-likeness (QED) is 0.780. The van der Waals surface area contributed by atoms with Gasteiger partial charge in [0.2, 0.25) is 0 Å². The van der Waals surface area contributed by atoms with E-state index in [1.165, 1.54) is 11.8 Å². The van der Waals surface area contributed by atoms with E-state index in [4.69, 9.17) is 11.6 Å². The second-order valence-corrected chi connectivity index (χ2v) is 5.12. The number of carboxylic acids is 1. The minimum Gasteiger partial charge on any atom is -0.480 e. The number of rotatable bonds is 6. The molecule has 0 saturated heterocycles. The molecule has 1 aromatic rings. The molecule has 0 radical (unpaired) electrons. The molecule has 17 heavy (non-hydrogen) atoms. The molecule has 0 saturated carbocycles. The van der Waals surface area contributed by atoms with Crippen molar-refractivity contribution in [2.75, 3.05) is 12.3 Å². The summed E-state index contributed by atoms with van der Waals surface area (Å²) in [7, 11) is 0. The summed E-state index contributed by atoms with van der Waals surface area (Å²) >= 11 is 7.29. The molecular formula is C11H15ClN2O2S. The molecule has 1 heterocycles. The number of likely N-dealkylation sites (N-methyl/N-ethyl adjacent to an activating group) is 1. The van der Waals surface area contributed by atoms with Gasteiger partial charge in [-0.3, -0.25) is 4.79 Å². The molecular weight excluding hydrogens is 260 g/mol. The van der Waals surface area contributed by atoms with Gasteiger partial charge in [-0.1, -0.05) is 18.5 Å². The number of nitrogens with one attached hydrogen (secondary N) is 1. The van der Waals surface area contributed by atoms with E-state index in [0.29, 0.717) is 22.3 Å². The van der Waals surface area contributed by atoms with Crippen LogP contribution in [0, 0.1) is 0 Å². The van der Waals surface area contributed by atoms with Crippen LogP contribution in [0.2, 0.25) is 5.02 Å². The standard InChI is InChI=1S/C11H15ClN2O2S/c1-3-14-11(2,10(15)16)7-17-9-8(12)5-4-6-13-9/h4-6,14H,3,7H2,1-2H3,(H,15,16). The van der Waals surface area contributed by atoms with E-state index in [2.05, 4.69) is 10.3 Å². The molecule has 0 aromatic carbocycles. The number of halogens is 1. The summed E-state index contributed by atoms with van der Waals surface area (Å²) in [5.41, 5.74) is -0.972. The highest BCUT2D eigenvalue weighted by atomic mass is 35.5. The fourth-order valence-electron chi connectivity index (χ4n) is 1.27. The van der Waals surface area contributed by atoms with Crippen molar-refractivity contribution < 1.29 is 9.90 Å². The van der Waals surface area contributed by atoms with Crippen molar-refractivity contribution in [3.63, 3.8) is 0 Å². The number of carbonyl (C=O) groups is 1. The third-order valence-electron chi connectivity index (χ3n) is 2.26. The smallest absolute Gasteiger partial charge is 0.324 e. The van der Waals surface area contributed by atoms with Crippen molar-refractivity contribution in [1.29, 1.82) is 0 Å². The molecule has 4 nitrogen and oxygen atoms in total. The average Bonchev–Trinajstić information content (AvgIpc) is 2.28. The number of aliphatic carboxylic acids is 1. The van der Waals surface area contributed by atoms with Gasteiger partial charge < -0.3 is 10.4 Å². The van der Waals surface area contributed by atoms with Crippen LogP contribution in [0.25, 0.3) is 0 Å². The van der Waals surface area contributed by atoms with E-state index < -0.39 is 11.5 Å². The Morgan fingerprint density at radius 2 is 2.41 bits per heavy atom. The van der Waals surface area contributed by atoms with Gasteiger partial charge in [0.25, 0.3) is 0 Å². The lowest BCUT2D eigenvalue weighted by atomic mass is 10.1. The maximum absolute atomic E-state index is 11.2. The van der Waals surface area contributed by atoms with E-state index in [0.717, 1.165) is 0 Å². The molecule has 94 valence electrons. The number of hydrogen-bond donors (Lipinski definition) is 2. The van der Waals surface area contributed by atoms with E-state index in [1.54, 1.807) is 25.3 Å². The van der Waals surface area contributed by atoms with Crippen LogP contribution in [0.1, 0.15) is 13.8 Å². The van der Waals surface area contributed by atoms with Crippen LogP contribution in [0.5, 0.6) is 0 Å². The van der Waals surface area contributed by atoms with E-state index >= 15 is 0 Å². The first-order chi connectivity index (χ1) is 7.99. The number of nitrogens with zero attached hydrogens (tertiary/aromatic N) is 1. The summed E-state index contributed by atoms with van der Waals surface area (Å²) in [6, 6.07) is 3.48. The molecule has 0 aliphatic carbocycles. The molecule has 0 amide bonds. The van der Waals surface area contributed by atoms with Crippen LogP contribution in [0.4, 0.5) is 0 Å². The van der Waals surface area contributed by atoms with Gasteiger partial charge in [0.05, 0.1) is 5.02 Å². The fourth-order valence-corrected chi connectivity index (χ4v) is 2.55. The summed E-state index contributed by atoms with van der Waals surface area (Å²) < 4.78 is 0. The highest BCUT2D eigenvalue weighted by Gasteiger charge is 2.32. The molecule has 6 heteroatoms. The van der Waals surface area contributed by atoms with Crippen LogP contribution in [-0.4, -0.2) is 33.9 Å². The Bertz CT molecular complexity index is 403. The lowest BCUT2D eigenvalue weighted by Gasteiger charge is -2.25. The van der Waals surface area contributed by atoms with Crippen molar-refractivity contribution in [3.8, 4) is 0 Å². The number of pyridine rings is 1. The molecule has 1 unspecified atom stereocenters. The summed E-state index contributed by atoms with van der Waals surface area (Å²) in [6.45, 7) is 4.13. The number of thioether (sulfide) groups is 1. The summed E-state index contributed by atoms with van der Waals surface area (Å²) in [5, 5.41) is 13.3. The molecule has 0 aliphatic rings. The first-order valence-electron chi connectivity index (χ1n) is 5.21. The van der Waals surface area contributed by atoms with Crippen molar-refractivity contribution in [3.05, 3.63) is 23.4 Å². The molecule has 0 bridgehead atoms. The lowest BCUT2D eigenvalue weighted by Crippen LogP contribution is -2.51. The van der Waals surface area contributed by atoms with Crippen molar-refractivity contribution >= 4 is 29.3 Å². The summed E-state index contributed by atoms with van der Waals surface area (Å²) in [5.74, 6) is -0.508. The molecule has 1 rings (SSSR count). The van der Waals surface area contributed by atoms with Crippen molar-refractivity contribution in [1.82, 2.24) is 10.3 Å². The van der Waals surface area contributed by atoms with Crippen LogP contribution in [-0.2, 0) is 4.79 Å². The normalized spacial score (nSPS) is 14.3. The maximum Gasteiger partial charge on any atom is 0.324 e. The maximum atomic E-state index is 11.2. The Morgan fingerprint density at radius 1 is 1.71 bits per heavy atom. The minimum absolute atomic E-state index is 0.368. The van der Waals surface area contributed by atoms with Gasteiger partial charge in [-0.2, -0.15) is 0 Å². The minimum atomic E-state index is -0.972. The second-order valence-electron chi connectivity index (χ2n) is 3.75. The number of aromatic nitrogens is 1. The predicted octanol–water partition coefficient (Wildman–Crippen LogP) is 2.28. The summed E-state index contributed by atoms with van der Waals surface area (Å²) in [6.07, 6.45) is 1.64. The third kappa shape index (κ3) is 3.87. The zero-order valence-electron chi connectivity index (χ0n) is 9.74. The van der Waals surface area contributed by atoms with E-state index in [9.17, 15) is 9.90 Å². The summed E-state index contributed by atoms with van der Waals surface area (Å²) in [4.78, 5) is 15.3. The predicted molar refractivity (Wildman–Crippen MR) is 69.7 cm³/mol. The van der Waals surface area contributed by atoms with Gasteiger partial charge in [-0.15, -0.1) is 11.8 Å². The molecule has 1 aromatic heterocycles. The Balaban J connectivity index is 2.71. The van der Waals surface area contributed by atoms with Crippen molar-refractivity contribution in [2.24, 2.45) is 0 Å². The third-order valence-corrected chi connectivity index (χ3v) is 4.00. The number of hydrogen-bond acceptors (Lipinski definition) is 4. The zero-order valence-corrected chi connectivity index (χ0v) is 11.3. The average molecular weight is 275 g/mol. The van der Waals surface area contributed by atoms with Gasteiger partial charge in [0.1, 0.15) is 10.6 Å². The van der Waals surface area contributed by atoms with Gasteiger partial charge in [0.15, 0.2) is 0 Å². The van der Waals surface area contributed by atoms with Crippen molar-refractivity contribution in [2.45, 2.75) is 24.4 Å². The fraction of sp³-hybridized carbons (Fsp3) is 0.455. The van der Waals surface area contributed by atoms with Crippen LogP contribution in [0.15, 0.2) is 23.4 Å². The van der Waals surface area contributed by atoms with Gasteiger partial charge in [-0.05, 0) is 25.6 Å². The Labute approximate surface area is 110 Å². The molecule has 0 spiro atoms. The van der Waals surface area contributed by atoms with Gasteiger partial charge >= 0.3 is 5.97 Å². The van der Waals surface area contributed by atoms with Crippen LogP contribution < -0.4 is 5.32 Å². The number of carboxylic acid groups (broad SMARTS) is 1. The SMILES string of the molecule is CCNC(C)(CSc1ncccc1Cl)C(=O)O. The van der Waals surface area contributed by atoms with Gasteiger partial charge in [0, 0.05) is 11.9 Å². The topological polar surface area (TPSA) is 62.2 Å². The molecule has 0 aliphatic heterocycles. The zero-order chi connectivity index (χ0) is 12.9. The largest absolute Gasteiger partial charge is 0.480 e. The van der Waals surface area contributed by atoms with Gasteiger partial charge in [-0.25, -0.2) is 4.98 Å². The Morgan fingerprint density at radius 3 is 2.94 bits per heavy atom. The Hall–Kier alpha value is -0.780. The monoisotopic (exact) mass is 274 g/mol. The highest BCUT2D eigenvalue weighted by molar-refractivity contribution is 7.99. The second kappa shape index (κ2) is 6.23. The van der Waals surface area contributed by atoms with Crippen LogP contribution in [0.3, 0.4) is 0 Å². The first-order valence-corrected chi connectivity index (χ1v) is 6.57. The Kier molecular flexibility index (Phi) is 5.24. The molecule has 0 fully saturated rings. The van der Waals surface area contributed by atoms with E-state index in [1.807, 2.05) is 6.92 Å². The van der Waals surface area contributed by atoms with E-state index in [-0.39, 0.29) is 0 Å². The lowest BCUT2D eigenvalue weighted by molar-refractivity contribution is -0.143. The first kappa shape index (κ1) is 14.3.